The van der Waals surface area contributed by atoms with E-state index in [0.29, 0.717) is 24.9 Å². The molecule has 0 bridgehead atoms. The maximum atomic E-state index is 11.6. The molecule has 0 aliphatic carbocycles. The van der Waals surface area contributed by atoms with Gasteiger partial charge in [-0.25, -0.2) is 0 Å². The van der Waals surface area contributed by atoms with Crippen LogP contribution in [0.3, 0.4) is 0 Å². The fourth-order valence-electron chi connectivity index (χ4n) is 1.27. The number of amides is 1. The molecule has 0 rings (SSSR count). The Morgan fingerprint density at radius 2 is 1.86 bits per heavy atom. The maximum absolute atomic E-state index is 11.6. The first kappa shape index (κ1) is 13.4. The fraction of sp³-hybridized carbons (Fsp3) is 0.909. The van der Waals surface area contributed by atoms with Crippen molar-refractivity contribution in [3.05, 3.63) is 0 Å². The van der Waals surface area contributed by atoms with Crippen LogP contribution in [-0.4, -0.2) is 30.4 Å². The van der Waals surface area contributed by atoms with Crippen LogP contribution in [0, 0.1) is 5.92 Å². The molecule has 0 radical (unpaired) electrons. The molecule has 0 saturated heterocycles. The van der Waals surface area contributed by atoms with E-state index >= 15 is 0 Å². The highest BCUT2D eigenvalue weighted by molar-refractivity contribution is 5.76. The summed E-state index contributed by atoms with van der Waals surface area (Å²) in [6.07, 6.45) is 2.48. The molecular formula is C11H24N2O. The second-order valence-corrected chi connectivity index (χ2v) is 4.24. The van der Waals surface area contributed by atoms with E-state index in [1.54, 1.807) is 0 Å². The predicted octanol–water partition coefficient (Wildman–Crippen LogP) is 1.62. The van der Waals surface area contributed by atoms with Crippen molar-refractivity contribution < 1.29 is 4.79 Å². The molecule has 0 spiro atoms. The maximum Gasteiger partial charge on any atom is 0.222 e. The Kier molecular flexibility index (Phi) is 6.54. The van der Waals surface area contributed by atoms with E-state index in [4.69, 9.17) is 5.73 Å². The quantitative estimate of drug-likeness (QED) is 0.662. The minimum Gasteiger partial charge on any atom is -0.343 e. The van der Waals surface area contributed by atoms with Gasteiger partial charge in [0.05, 0.1) is 0 Å². The summed E-state index contributed by atoms with van der Waals surface area (Å²) in [5.41, 5.74) is 5.37. The van der Waals surface area contributed by atoms with Crippen LogP contribution in [0.5, 0.6) is 0 Å². The third-order valence-electron chi connectivity index (χ3n) is 2.81. The summed E-state index contributed by atoms with van der Waals surface area (Å²) in [5, 5.41) is 0. The second kappa shape index (κ2) is 6.82. The highest BCUT2D eigenvalue weighted by Gasteiger charge is 2.17. The van der Waals surface area contributed by atoms with Gasteiger partial charge < -0.3 is 10.6 Å². The van der Waals surface area contributed by atoms with Crippen LogP contribution in [-0.2, 0) is 4.79 Å². The minimum atomic E-state index is 0.236. The van der Waals surface area contributed by atoms with Crippen LogP contribution in [0.25, 0.3) is 0 Å². The molecule has 0 saturated carbocycles. The van der Waals surface area contributed by atoms with Crippen molar-refractivity contribution in [3.63, 3.8) is 0 Å². The molecule has 14 heavy (non-hydrogen) atoms. The molecular weight excluding hydrogens is 176 g/mol. The van der Waals surface area contributed by atoms with Crippen molar-refractivity contribution in [2.45, 2.75) is 46.1 Å². The molecule has 0 aliphatic heterocycles. The average molecular weight is 200 g/mol. The monoisotopic (exact) mass is 200 g/mol. The van der Waals surface area contributed by atoms with Crippen LogP contribution in [0.4, 0.5) is 0 Å². The first-order chi connectivity index (χ1) is 6.50. The zero-order valence-corrected chi connectivity index (χ0v) is 9.92. The Balaban J connectivity index is 3.86. The summed E-state index contributed by atoms with van der Waals surface area (Å²) >= 11 is 0. The number of hydrogen-bond donors (Lipinski definition) is 1. The Hall–Kier alpha value is -0.570. The normalized spacial score (nSPS) is 13.0. The van der Waals surface area contributed by atoms with Gasteiger partial charge in [0, 0.05) is 19.5 Å². The van der Waals surface area contributed by atoms with Gasteiger partial charge in [-0.15, -0.1) is 0 Å². The van der Waals surface area contributed by atoms with Gasteiger partial charge in [0.2, 0.25) is 5.91 Å². The lowest BCUT2D eigenvalue weighted by molar-refractivity contribution is -0.132. The number of nitrogens with zero attached hydrogens (tertiary/aromatic N) is 1. The first-order valence-electron chi connectivity index (χ1n) is 5.46. The average Bonchev–Trinajstić information content (AvgIpc) is 2.15. The summed E-state index contributed by atoms with van der Waals surface area (Å²) < 4.78 is 0. The molecule has 0 heterocycles. The lowest BCUT2D eigenvalue weighted by atomic mass is 10.0. The second-order valence-electron chi connectivity index (χ2n) is 4.24. The molecule has 0 fully saturated rings. The van der Waals surface area contributed by atoms with Crippen molar-refractivity contribution >= 4 is 5.91 Å². The standard InChI is InChI=1S/C11H24N2O/c1-9(2)10(3)13(4)11(14)7-5-6-8-12/h9-10H,5-8,12H2,1-4H3. The van der Waals surface area contributed by atoms with Crippen LogP contribution in [0.1, 0.15) is 40.0 Å². The lowest BCUT2D eigenvalue weighted by Gasteiger charge is -2.28. The SMILES string of the molecule is CC(C)C(C)N(C)C(=O)CCCCN. The molecule has 0 aromatic heterocycles. The number of nitrogens with two attached hydrogens (primary N) is 1. The van der Waals surface area contributed by atoms with E-state index in [-0.39, 0.29) is 5.91 Å². The minimum absolute atomic E-state index is 0.236. The summed E-state index contributed by atoms with van der Waals surface area (Å²) in [6, 6.07) is 0.320. The fourth-order valence-corrected chi connectivity index (χ4v) is 1.27. The number of carbonyl (C=O) groups is 1. The number of unbranched alkanes of at least 4 members (excludes halogenated alkanes) is 1. The van der Waals surface area contributed by atoms with Crippen molar-refractivity contribution in [2.75, 3.05) is 13.6 Å². The largest absolute Gasteiger partial charge is 0.343 e. The zero-order chi connectivity index (χ0) is 11.1. The summed E-state index contributed by atoms with van der Waals surface area (Å²) in [5.74, 6) is 0.748. The summed E-state index contributed by atoms with van der Waals surface area (Å²) in [4.78, 5) is 13.5. The number of carbonyl (C=O) groups excluding carboxylic acids is 1. The van der Waals surface area contributed by atoms with Crippen LogP contribution < -0.4 is 5.73 Å². The van der Waals surface area contributed by atoms with Gasteiger partial charge in [0.25, 0.3) is 0 Å². The van der Waals surface area contributed by atoms with Gasteiger partial charge in [0.1, 0.15) is 0 Å². The zero-order valence-electron chi connectivity index (χ0n) is 9.92. The van der Waals surface area contributed by atoms with Gasteiger partial charge in [-0.05, 0) is 32.2 Å². The van der Waals surface area contributed by atoms with E-state index in [9.17, 15) is 4.79 Å². The van der Waals surface area contributed by atoms with Gasteiger partial charge in [-0.2, -0.15) is 0 Å². The molecule has 3 nitrogen and oxygen atoms in total. The Morgan fingerprint density at radius 3 is 2.29 bits per heavy atom. The van der Waals surface area contributed by atoms with Crippen LogP contribution in [0.2, 0.25) is 0 Å². The van der Waals surface area contributed by atoms with Crippen molar-refractivity contribution in [1.29, 1.82) is 0 Å². The van der Waals surface area contributed by atoms with E-state index in [1.807, 2.05) is 11.9 Å². The molecule has 2 N–H and O–H groups in total. The number of rotatable bonds is 6. The molecule has 0 aromatic rings. The molecule has 3 heteroatoms. The molecule has 0 aliphatic rings. The van der Waals surface area contributed by atoms with Gasteiger partial charge >= 0.3 is 0 Å². The lowest BCUT2D eigenvalue weighted by Crippen LogP contribution is -2.38. The third-order valence-corrected chi connectivity index (χ3v) is 2.81. The Labute approximate surface area is 87.6 Å². The van der Waals surface area contributed by atoms with Crippen LogP contribution in [0.15, 0.2) is 0 Å². The van der Waals surface area contributed by atoms with Crippen LogP contribution >= 0.6 is 0 Å². The van der Waals surface area contributed by atoms with Crippen molar-refractivity contribution in [3.8, 4) is 0 Å². The highest BCUT2D eigenvalue weighted by Crippen LogP contribution is 2.10. The first-order valence-corrected chi connectivity index (χ1v) is 5.46. The highest BCUT2D eigenvalue weighted by atomic mass is 16.2. The Bertz CT molecular complexity index is 169. The molecule has 1 unspecified atom stereocenters. The number of hydrogen-bond acceptors (Lipinski definition) is 2. The topological polar surface area (TPSA) is 46.3 Å². The van der Waals surface area contributed by atoms with Gasteiger partial charge in [-0.1, -0.05) is 13.8 Å². The molecule has 84 valence electrons. The van der Waals surface area contributed by atoms with Gasteiger partial charge in [-0.3, -0.25) is 4.79 Å². The van der Waals surface area contributed by atoms with Crippen molar-refractivity contribution in [2.24, 2.45) is 11.7 Å². The van der Waals surface area contributed by atoms with Crippen molar-refractivity contribution in [1.82, 2.24) is 4.90 Å². The van der Waals surface area contributed by atoms with E-state index < -0.39 is 0 Å². The van der Waals surface area contributed by atoms with E-state index in [1.165, 1.54) is 0 Å². The molecule has 1 atom stereocenters. The summed E-state index contributed by atoms with van der Waals surface area (Å²) in [7, 11) is 1.88. The van der Waals surface area contributed by atoms with Gasteiger partial charge in [0.15, 0.2) is 0 Å². The molecule has 0 aromatic carbocycles. The third kappa shape index (κ3) is 4.61. The summed E-state index contributed by atoms with van der Waals surface area (Å²) in [6.45, 7) is 7.03. The smallest absolute Gasteiger partial charge is 0.222 e. The van der Waals surface area contributed by atoms with E-state index in [0.717, 1.165) is 12.8 Å². The Morgan fingerprint density at radius 1 is 1.29 bits per heavy atom. The predicted molar refractivity (Wildman–Crippen MR) is 60.0 cm³/mol. The van der Waals surface area contributed by atoms with E-state index in [2.05, 4.69) is 20.8 Å². The molecule has 1 amide bonds.